The van der Waals surface area contributed by atoms with E-state index in [1.54, 1.807) is 6.07 Å². The van der Waals surface area contributed by atoms with Gasteiger partial charge in [-0.25, -0.2) is 18.2 Å². The molecule has 10 nitrogen and oxygen atoms in total. The van der Waals surface area contributed by atoms with Crippen LogP contribution in [0.25, 0.3) is 0 Å². The Kier molecular flexibility index (Phi) is 6.71. The van der Waals surface area contributed by atoms with Gasteiger partial charge < -0.3 is 15.4 Å². The van der Waals surface area contributed by atoms with Crippen LogP contribution in [0.2, 0.25) is 5.15 Å². The molecule has 0 aromatic carbocycles. The molecule has 1 aliphatic rings. The van der Waals surface area contributed by atoms with Crippen molar-refractivity contribution in [3.05, 3.63) is 29.0 Å². The van der Waals surface area contributed by atoms with Crippen LogP contribution < -0.4 is 15.4 Å². The number of H-pyrrole nitrogens is 1. The molecule has 1 aliphatic carbocycles. The summed E-state index contributed by atoms with van der Waals surface area (Å²) in [6.45, 7) is 3.77. The van der Waals surface area contributed by atoms with Crippen molar-refractivity contribution < 1.29 is 17.9 Å². The van der Waals surface area contributed by atoms with Crippen LogP contribution in [0.5, 0.6) is 0 Å². The van der Waals surface area contributed by atoms with Gasteiger partial charge in [-0.2, -0.15) is 5.10 Å². The second-order valence-corrected chi connectivity index (χ2v) is 9.69. The lowest BCUT2D eigenvalue weighted by molar-refractivity contribution is 0.0981. The Morgan fingerprint density at radius 1 is 1.30 bits per heavy atom. The Bertz CT molecular complexity index is 1010. The fourth-order valence-electron chi connectivity index (χ4n) is 3.27. The van der Waals surface area contributed by atoms with Crippen LogP contribution in [0.4, 0.5) is 22.1 Å². The summed E-state index contributed by atoms with van der Waals surface area (Å²) < 4.78 is 30.4. The van der Waals surface area contributed by atoms with Gasteiger partial charge in [0.15, 0.2) is 11.0 Å². The molecule has 12 heteroatoms. The third-order valence-electron chi connectivity index (χ3n) is 4.50. The Morgan fingerprint density at radius 2 is 2.07 bits per heavy atom. The number of anilines is 3. The minimum atomic E-state index is -3.44. The maximum absolute atomic E-state index is 11.8. The molecule has 1 fully saturated rings. The van der Waals surface area contributed by atoms with E-state index in [0.717, 1.165) is 31.2 Å². The Hall–Kier alpha value is -2.53. The summed E-state index contributed by atoms with van der Waals surface area (Å²) in [5.41, 5.74) is 1.14. The first kappa shape index (κ1) is 22.2. The highest BCUT2D eigenvalue weighted by Gasteiger charge is 2.30. The number of carbonyl (C=O) groups excluding carboxylic acids is 1. The van der Waals surface area contributed by atoms with Crippen molar-refractivity contribution in [3.8, 4) is 0 Å². The van der Waals surface area contributed by atoms with E-state index in [4.69, 9.17) is 16.3 Å². The van der Waals surface area contributed by atoms with Gasteiger partial charge in [-0.15, -0.1) is 0 Å². The second-order valence-electron chi connectivity index (χ2n) is 7.58. The summed E-state index contributed by atoms with van der Waals surface area (Å²) in [5, 5.41) is 13.0. The summed E-state index contributed by atoms with van der Waals surface area (Å²) in [6, 6.07) is 5.03. The molecule has 2 unspecified atom stereocenters. The zero-order chi connectivity index (χ0) is 21.9. The number of aromatic amines is 1. The van der Waals surface area contributed by atoms with Gasteiger partial charge in [-0.3, -0.25) is 9.82 Å². The number of alkyl carbamates (subject to hydrolysis) is 1. The molecular formula is C18H25ClN6O4S. The van der Waals surface area contributed by atoms with Gasteiger partial charge in [0.05, 0.1) is 11.9 Å². The van der Waals surface area contributed by atoms with E-state index in [0.29, 0.717) is 11.6 Å². The van der Waals surface area contributed by atoms with Gasteiger partial charge in [-0.05, 0) is 45.2 Å². The van der Waals surface area contributed by atoms with E-state index in [9.17, 15) is 13.2 Å². The predicted molar refractivity (Wildman–Crippen MR) is 115 cm³/mol. The topological polar surface area (TPSA) is 138 Å². The highest BCUT2D eigenvalue weighted by Crippen LogP contribution is 2.36. The first-order valence-electron chi connectivity index (χ1n) is 9.53. The van der Waals surface area contributed by atoms with Crippen LogP contribution in [-0.4, -0.2) is 48.1 Å². The van der Waals surface area contributed by atoms with Gasteiger partial charge in [0.1, 0.15) is 11.9 Å². The molecule has 30 heavy (non-hydrogen) atoms. The van der Waals surface area contributed by atoms with E-state index in [1.165, 1.54) is 6.07 Å². The average Bonchev–Trinajstić information content (AvgIpc) is 3.25. The molecule has 0 saturated heterocycles. The molecule has 2 atom stereocenters. The number of ether oxygens (including phenoxy) is 1. The lowest BCUT2D eigenvalue weighted by Gasteiger charge is -2.14. The van der Waals surface area contributed by atoms with Crippen molar-refractivity contribution in [3.63, 3.8) is 0 Å². The number of hydrogen-bond donors (Lipinski definition) is 4. The third kappa shape index (κ3) is 6.23. The fourth-order valence-corrected chi connectivity index (χ4v) is 4.09. The molecule has 2 aromatic heterocycles. The number of carbonyl (C=O) groups is 1. The SMILES string of the molecule is CC(C)NC(=O)OC1CCC(c2cc(Nc3ccc(NS(C)(=O)=O)c(Cl)n3)n[nH]2)C1. The van der Waals surface area contributed by atoms with E-state index in [2.05, 4.69) is 30.5 Å². The minimum Gasteiger partial charge on any atom is -0.446 e. The van der Waals surface area contributed by atoms with Crippen molar-refractivity contribution in [1.82, 2.24) is 20.5 Å². The number of amides is 1. The Labute approximate surface area is 180 Å². The number of nitrogens with one attached hydrogen (secondary N) is 4. The van der Waals surface area contributed by atoms with Gasteiger partial charge in [-0.1, -0.05) is 11.6 Å². The largest absolute Gasteiger partial charge is 0.446 e. The maximum atomic E-state index is 11.8. The molecule has 2 aromatic rings. The minimum absolute atomic E-state index is 0.0247. The summed E-state index contributed by atoms with van der Waals surface area (Å²) in [4.78, 5) is 15.9. The zero-order valence-corrected chi connectivity index (χ0v) is 18.5. The summed E-state index contributed by atoms with van der Waals surface area (Å²) in [6.07, 6.45) is 2.93. The molecule has 1 saturated carbocycles. The zero-order valence-electron chi connectivity index (χ0n) is 16.9. The molecule has 3 rings (SSSR count). The molecule has 4 N–H and O–H groups in total. The molecule has 164 valence electrons. The highest BCUT2D eigenvalue weighted by atomic mass is 35.5. The van der Waals surface area contributed by atoms with Crippen LogP contribution in [0.1, 0.15) is 44.7 Å². The number of hydrogen-bond acceptors (Lipinski definition) is 7. The number of nitrogens with zero attached hydrogens (tertiary/aromatic N) is 2. The smallest absolute Gasteiger partial charge is 0.407 e. The van der Waals surface area contributed by atoms with Gasteiger partial charge in [0, 0.05) is 23.7 Å². The lowest BCUT2D eigenvalue weighted by atomic mass is 10.0. The van der Waals surface area contributed by atoms with Crippen molar-refractivity contribution in [2.75, 3.05) is 16.3 Å². The van der Waals surface area contributed by atoms with Crippen LogP contribution in [0, 0.1) is 0 Å². The molecular weight excluding hydrogens is 432 g/mol. The monoisotopic (exact) mass is 456 g/mol. The lowest BCUT2D eigenvalue weighted by Crippen LogP contribution is -2.33. The van der Waals surface area contributed by atoms with Crippen LogP contribution >= 0.6 is 11.6 Å². The first-order chi connectivity index (χ1) is 14.1. The predicted octanol–water partition coefficient (Wildman–Crippen LogP) is 3.34. The normalized spacial score (nSPS) is 19.0. The summed E-state index contributed by atoms with van der Waals surface area (Å²) in [7, 11) is -3.44. The van der Waals surface area contributed by atoms with Crippen molar-refractivity contribution in [2.45, 2.75) is 51.2 Å². The average molecular weight is 457 g/mol. The second kappa shape index (κ2) is 9.09. The van der Waals surface area contributed by atoms with Gasteiger partial charge in [0.25, 0.3) is 0 Å². The molecule has 0 bridgehead atoms. The van der Waals surface area contributed by atoms with E-state index in [1.807, 2.05) is 19.9 Å². The van der Waals surface area contributed by atoms with Gasteiger partial charge >= 0.3 is 6.09 Å². The van der Waals surface area contributed by atoms with Gasteiger partial charge in [0.2, 0.25) is 10.0 Å². The number of aromatic nitrogens is 3. The Morgan fingerprint density at radius 3 is 2.73 bits per heavy atom. The number of pyridine rings is 1. The first-order valence-corrected chi connectivity index (χ1v) is 11.8. The van der Waals surface area contributed by atoms with E-state index < -0.39 is 10.0 Å². The van der Waals surface area contributed by atoms with Crippen LogP contribution in [0.15, 0.2) is 18.2 Å². The fraction of sp³-hybridized carbons (Fsp3) is 0.500. The van der Waals surface area contributed by atoms with E-state index in [-0.39, 0.29) is 35.0 Å². The van der Waals surface area contributed by atoms with Crippen LogP contribution in [0.3, 0.4) is 0 Å². The quantitative estimate of drug-likeness (QED) is 0.468. The molecule has 0 radical (unpaired) electrons. The molecule has 0 aliphatic heterocycles. The highest BCUT2D eigenvalue weighted by molar-refractivity contribution is 7.92. The number of rotatable bonds is 7. The molecule has 0 spiro atoms. The standard InChI is InChI=1S/C18H25ClN6O4S/c1-10(2)20-18(26)29-12-5-4-11(8-12)14-9-16(24-23-14)21-15-7-6-13(17(19)22-15)25-30(3,27)28/h6-7,9-12,25H,4-5,8H2,1-3H3,(H,20,26)(H2,21,22,23,24). The summed E-state index contributed by atoms with van der Waals surface area (Å²) >= 11 is 6.05. The maximum Gasteiger partial charge on any atom is 0.407 e. The Balaban J connectivity index is 1.58. The van der Waals surface area contributed by atoms with E-state index >= 15 is 0 Å². The van der Waals surface area contributed by atoms with Crippen LogP contribution in [-0.2, 0) is 14.8 Å². The molecule has 1 amide bonds. The molecule has 2 heterocycles. The number of sulfonamides is 1. The van der Waals surface area contributed by atoms with Crippen molar-refractivity contribution >= 4 is 45.0 Å². The van der Waals surface area contributed by atoms with Crippen molar-refractivity contribution in [2.24, 2.45) is 0 Å². The third-order valence-corrected chi connectivity index (χ3v) is 5.38. The van der Waals surface area contributed by atoms with Crippen molar-refractivity contribution in [1.29, 1.82) is 0 Å². The summed E-state index contributed by atoms with van der Waals surface area (Å²) in [5.74, 6) is 1.19. The number of halogens is 1.